The summed E-state index contributed by atoms with van der Waals surface area (Å²) in [5.41, 5.74) is 1.62. The van der Waals surface area contributed by atoms with E-state index >= 15 is 0 Å². The van der Waals surface area contributed by atoms with E-state index in [1.807, 2.05) is 20.8 Å². The number of amides is 2. The van der Waals surface area contributed by atoms with Crippen molar-refractivity contribution >= 4 is 41.1 Å². The fraction of sp³-hybridized carbons (Fsp3) is 0.393. The number of carbonyl (C=O) groups is 5. The monoisotopic (exact) mass is 526 g/mol. The second-order valence-electron chi connectivity index (χ2n) is 8.89. The number of carbonyl (C=O) groups excluding carboxylic acids is 5. The van der Waals surface area contributed by atoms with E-state index in [4.69, 9.17) is 14.2 Å². The van der Waals surface area contributed by atoms with Gasteiger partial charge < -0.3 is 24.8 Å². The van der Waals surface area contributed by atoms with Crippen LogP contribution >= 0.6 is 0 Å². The first kappa shape index (κ1) is 30.0. The third-order valence-electron chi connectivity index (χ3n) is 5.01. The molecule has 2 N–H and O–H groups in total. The molecule has 2 aromatic rings. The number of hydrogen-bond donors (Lipinski definition) is 2. The number of anilines is 2. The average molecular weight is 527 g/mol. The molecule has 0 aliphatic heterocycles. The van der Waals surface area contributed by atoms with Crippen molar-refractivity contribution < 1.29 is 38.2 Å². The van der Waals surface area contributed by atoms with Gasteiger partial charge in [0, 0.05) is 17.8 Å². The maximum absolute atomic E-state index is 12.1. The SMILES string of the molecule is CCCCOC(=O)c1ccc(NC(=O)CCC(=O)OCC(=O)Nc2ccc(C(=O)OCC(C)C)cc2)cc1. The van der Waals surface area contributed by atoms with Gasteiger partial charge in [0.15, 0.2) is 6.61 Å². The van der Waals surface area contributed by atoms with Crippen molar-refractivity contribution in [1.82, 2.24) is 0 Å². The molecule has 2 aromatic carbocycles. The number of unbranched alkanes of at least 4 members (excludes halogenated alkanes) is 1. The summed E-state index contributed by atoms with van der Waals surface area (Å²) in [6.07, 6.45) is 1.36. The highest BCUT2D eigenvalue weighted by Gasteiger charge is 2.13. The van der Waals surface area contributed by atoms with E-state index in [0.717, 1.165) is 12.8 Å². The molecule has 0 aromatic heterocycles. The predicted octanol–water partition coefficient (Wildman–Crippen LogP) is 4.36. The number of hydrogen-bond acceptors (Lipinski definition) is 8. The van der Waals surface area contributed by atoms with Crippen LogP contribution in [0.25, 0.3) is 0 Å². The van der Waals surface area contributed by atoms with Crippen molar-refractivity contribution in [3.8, 4) is 0 Å². The van der Waals surface area contributed by atoms with Gasteiger partial charge in [-0.15, -0.1) is 0 Å². The lowest BCUT2D eigenvalue weighted by Gasteiger charge is -2.09. The standard InChI is InChI=1S/C28H34N2O8/c1-4-5-16-36-27(34)20-6-10-22(11-7-20)29-24(31)14-15-26(33)37-18-25(32)30-23-12-8-21(9-13-23)28(35)38-17-19(2)3/h6-13,19H,4-5,14-18H2,1-3H3,(H,29,31)(H,30,32). The van der Waals surface area contributed by atoms with E-state index in [9.17, 15) is 24.0 Å². The minimum atomic E-state index is -0.705. The second-order valence-corrected chi connectivity index (χ2v) is 8.89. The maximum Gasteiger partial charge on any atom is 0.338 e. The Hall–Kier alpha value is -4.21. The highest BCUT2D eigenvalue weighted by Crippen LogP contribution is 2.13. The van der Waals surface area contributed by atoms with E-state index in [1.54, 1.807) is 24.3 Å². The molecule has 38 heavy (non-hydrogen) atoms. The molecular weight excluding hydrogens is 492 g/mol. The number of benzene rings is 2. The Bertz CT molecular complexity index is 1090. The van der Waals surface area contributed by atoms with Crippen LogP contribution in [0.2, 0.25) is 0 Å². The first-order valence-corrected chi connectivity index (χ1v) is 12.5. The summed E-state index contributed by atoms with van der Waals surface area (Å²) in [7, 11) is 0. The minimum absolute atomic E-state index is 0.143. The van der Waals surface area contributed by atoms with Crippen LogP contribution in [-0.2, 0) is 28.6 Å². The van der Waals surface area contributed by atoms with Crippen molar-refractivity contribution in [2.45, 2.75) is 46.5 Å². The van der Waals surface area contributed by atoms with Crippen LogP contribution in [0.3, 0.4) is 0 Å². The minimum Gasteiger partial charge on any atom is -0.462 e. The van der Waals surface area contributed by atoms with Crippen LogP contribution in [0.4, 0.5) is 11.4 Å². The van der Waals surface area contributed by atoms with Gasteiger partial charge in [0.2, 0.25) is 5.91 Å². The molecule has 0 unspecified atom stereocenters. The van der Waals surface area contributed by atoms with Crippen molar-refractivity contribution in [3.63, 3.8) is 0 Å². The zero-order valence-electron chi connectivity index (χ0n) is 21.9. The topological polar surface area (TPSA) is 137 Å². The Labute approximate surface area is 222 Å². The Morgan fingerprint density at radius 2 is 1.24 bits per heavy atom. The van der Waals surface area contributed by atoms with Gasteiger partial charge in [-0.2, -0.15) is 0 Å². The molecule has 2 rings (SSSR count). The number of rotatable bonds is 14. The molecule has 0 spiro atoms. The molecule has 0 saturated carbocycles. The van der Waals surface area contributed by atoms with E-state index in [2.05, 4.69) is 10.6 Å². The summed E-state index contributed by atoms with van der Waals surface area (Å²) in [6, 6.07) is 12.4. The normalized spacial score (nSPS) is 10.4. The maximum atomic E-state index is 12.1. The smallest absolute Gasteiger partial charge is 0.338 e. The molecule has 10 heteroatoms. The summed E-state index contributed by atoms with van der Waals surface area (Å²) in [4.78, 5) is 59.9. The Kier molecular flexibility index (Phi) is 12.5. The molecule has 0 saturated heterocycles. The zero-order chi connectivity index (χ0) is 27.9. The average Bonchev–Trinajstić information content (AvgIpc) is 2.90. The number of nitrogens with one attached hydrogen (secondary N) is 2. The first-order chi connectivity index (χ1) is 18.2. The summed E-state index contributed by atoms with van der Waals surface area (Å²) in [6.45, 7) is 6.02. The quantitative estimate of drug-likeness (QED) is 0.210. The van der Waals surface area contributed by atoms with Crippen molar-refractivity contribution in [1.29, 1.82) is 0 Å². The van der Waals surface area contributed by atoms with Gasteiger partial charge in [-0.25, -0.2) is 9.59 Å². The van der Waals surface area contributed by atoms with Crippen molar-refractivity contribution in [2.75, 3.05) is 30.5 Å². The summed E-state index contributed by atoms with van der Waals surface area (Å²) < 4.78 is 15.2. The highest BCUT2D eigenvalue weighted by molar-refractivity contribution is 5.96. The Morgan fingerprint density at radius 1 is 0.711 bits per heavy atom. The predicted molar refractivity (Wildman–Crippen MR) is 141 cm³/mol. The Balaban J connectivity index is 1.68. The zero-order valence-corrected chi connectivity index (χ0v) is 21.9. The number of ether oxygens (including phenoxy) is 3. The summed E-state index contributed by atoms with van der Waals surface area (Å²) in [5, 5.41) is 5.19. The highest BCUT2D eigenvalue weighted by atomic mass is 16.5. The summed E-state index contributed by atoms with van der Waals surface area (Å²) >= 11 is 0. The van der Waals surface area contributed by atoms with Gasteiger partial charge in [-0.1, -0.05) is 27.2 Å². The van der Waals surface area contributed by atoms with E-state index in [-0.39, 0.29) is 18.8 Å². The lowest BCUT2D eigenvalue weighted by Crippen LogP contribution is -2.22. The van der Waals surface area contributed by atoms with Gasteiger partial charge >= 0.3 is 17.9 Å². The van der Waals surface area contributed by atoms with E-state index in [1.165, 1.54) is 24.3 Å². The van der Waals surface area contributed by atoms with Gasteiger partial charge in [0.1, 0.15) is 0 Å². The Morgan fingerprint density at radius 3 is 1.76 bits per heavy atom. The van der Waals surface area contributed by atoms with Gasteiger partial charge in [0.25, 0.3) is 5.91 Å². The molecule has 0 radical (unpaired) electrons. The van der Waals surface area contributed by atoms with Crippen LogP contribution in [0.1, 0.15) is 67.2 Å². The molecule has 2 amide bonds. The second kappa shape index (κ2) is 15.8. The van der Waals surface area contributed by atoms with Crippen LogP contribution < -0.4 is 10.6 Å². The van der Waals surface area contributed by atoms with Crippen molar-refractivity contribution in [3.05, 3.63) is 59.7 Å². The third kappa shape index (κ3) is 11.2. The van der Waals surface area contributed by atoms with E-state index in [0.29, 0.717) is 35.7 Å². The molecule has 0 bridgehead atoms. The largest absolute Gasteiger partial charge is 0.462 e. The molecule has 0 atom stereocenters. The van der Waals surface area contributed by atoms with Gasteiger partial charge in [-0.05, 0) is 60.9 Å². The van der Waals surface area contributed by atoms with E-state index < -0.39 is 36.3 Å². The molecule has 0 fully saturated rings. The lowest BCUT2D eigenvalue weighted by atomic mass is 10.2. The van der Waals surface area contributed by atoms with Crippen LogP contribution in [-0.4, -0.2) is 49.5 Å². The number of esters is 3. The fourth-order valence-electron chi connectivity index (χ4n) is 2.95. The lowest BCUT2D eigenvalue weighted by molar-refractivity contribution is -0.147. The molecule has 10 nitrogen and oxygen atoms in total. The molecular formula is C28H34N2O8. The van der Waals surface area contributed by atoms with Gasteiger partial charge in [-0.3, -0.25) is 14.4 Å². The van der Waals surface area contributed by atoms with Crippen LogP contribution in [0.5, 0.6) is 0 Å². The van der Waals surface area contributed by atoms with Gasteiger partial charge in [0.05, 0.1) is 30.8 Å². The van der Waals surface area contributed by atoms with Crippen LogP contribution in [0.15, 0.2) is 48.5 Å². The van der Waals surface area contributed by atoms with Crippen LogP contribution in [0, 0.1) is 5.92 Å². The third-order valence-corrected chi connectivity index (χ3v) is 5.01. The molecule has 204 valence electrons. The fourth-order valence-corrected chi connectivity index (χ4v) is 2.95. The van der Waals surface area contributed by atoms with Crippen molar-refractivity contribution in [2.24, 2.45) is 5.92 Å². The molecule has 0 aliphatic rings. The molecule has 0 aliphatic carbocycles. The first-order valence-electron chi connectivity index (χ1n) is 12.5. The molecule has 0 heterocycles. The summed E-state index contributed by atoms with van der Waals surface area (Å²) in [5.74, 6) is -2.34.